The second-order valence-corrected chi connectivity index (χ2v) is 5.06. The van der Waals surface area contributed by atoms with E-state index in [4.69, 9.17) is 5.73 Å². The SMILES string of the molecule is CCc1nnsc1C(=O)NCC1(N)CCC1.Cl. The minimum atomic E-state index is -0.180. The Morgan fingerprint density at radius 2 is 2.29 bits per heavy atom. The minimum Gasteiger partial charge on any atom is -0.349 e. The third-order valence-electron chi connectivity index (χ3n) is 3.05. The summed E-state index contributed by atoms with van der Waals surface area (Å²) >= 11 is 1.14. The fourth-order valence-electron chi connectivity index (χ4n) is 1.76. The molecule has 5 nitrogen and oxygen atoms in total. The van der Waals surface area contributed by atoms with Crippen LogP contribution in [-0.4, -0.2) is 27.6 Å². The molecule has 0 spiro atoms. The molecule has 1 aromatic heterocycles. The third kappa shape index (κ3) is 3.14. The number of aromatic nitrogens is 2. The van der Waals surface area contributed by atoms with E-state index in [2.05, 4.69) is 14.9 Å². The van der Waals surface area contributed by atoms with Crippen LogP contribution in [0.4, 0.5) is 0 Å². The fraction of sp³-hybridized carbons (Fsp3) is 0.700. The molecule has 96 valence electrons. The minimum absolute atomic E-state index is 0. The van der Waals surface area contributed by atoms with Crippen LogP contribution < -0.4 is 11.1 Å². The van der Waals surface area contributed by atoms with Gasteiger partial charge in [0.15, 0.2) is 0 Å². The lowest BCUT2D eigenvalue weighted by molar-refractivity contribution is 0.0933. The van der Waals surface area contributed by atoms with Gasteiger partial charge in [-0.2, -0.15) is 0 Å². The maximum absolute atomic E-state index is 11.8. The van der Waals surface area contributed by atoms with Gasteiger partial charge in [0, 0.05) is 12.1 Å². The summed E-state index contributed by atoms with van der Waals surface area (Å²) < 4.78 is 3.79. The molecule has 17 heavy (non-hydrogen) atoms. The van der Waals surface area contributed by atoms with Crippen LogP contribution in [0.5, 0.6) is 0 Å². The fourth-order valence-corrected chi connectivity index (χ4v) is 2.42. The van der Waals surface area contributed by atoms with Gasteiger partial charge in [-0.25, -0.2) is 0 Å². The molecule has 1 amide bonds. The Morgan fingerprint density at radius 1 is 1.59 bits per heavy atom. The maximum atomic E-state index is 11.8. The van der Waals surface area contributed by atoms with Crippen molar-refractivity contribution in [3.8, 4) is 0 Å². The normalized spacial score (nSPS) is 16.8. The number of nitrogens with two attached hydrogens (primary N) is 1. The molecule has 0 aliphatic heterocycles. The molecule has 0 radical (unpaired) electrons. The van der Waals surface area contributed by atoms with E-state index >= 15 is 0 Å². The number of halogens is 1. The average molecular weight is 277 g/mol. The molecule has 0 saturated heterocycles. The molecule has 0 atom stereocenters. The standard InChI is InChI=1S/C10H16N4OS.ClH/c1-2-7-8(16-14-13-7)9(15)12-6-10(11)4-3-5-10;/h2-6,11H2,1H3,(H,12,15);1H. The number of amides is 1. The Balaban J connectivity index is 0.00000144. The summed E-state index contributed by atoms with van der Waals surface area (Å²) in [5, 5.41) is 6.78. The van der Waals surface area contributed by atoms with Crippen LogP contribution in [0.15, 0.2) is 0 Å². The van der Waals surface area contributed by atoms with E-state index in [0.29, 0.717) is 11.4 Å². The van der Waals surface area contributed by atoms with E-state index in [1.54, 1.807) is 0 Å². The highest BCUT2D eigenvalue weighted by atomic mass is 35.5. The molecular formula is C10H17ClN4OS. The van der Waals surface area contributed by atoms with Crippen molar-refractivity contribution in [3.05, 3.63) is 10.6 Å². The highest BCUT2D eigenvalue weighted by Crippen LogP contribution is 2.28. The number of nitrogens with one attached hydrogen (secondary N) is 1. The number of hydrogen-bond donors (Lipinski definition) is 2. The average Bonchev–Trinajstić information content (AvgIpc) is 2.71. The molecule has 1 fully saturated rings. The molecule has 1 aliphatic carbocycles. The van der Waals surface area contributed by atoms with Crippen LogP contribution in [-0.2, 0) is 6.42 Å². The Hall–Kier alpha value is -0.720. The second-order valence-electron chi connectivity index (χ2n) is 4.30. The van der Waals surface area contributed by atoms with Crippen LogP contribution in [0.1, 0.15) is 41.6 Å². The zero-order valence-corrected chi connectivity index (χ0v) is 11.4. The van der Waals surface area contributed by atoms with Gasteiger partial charge in [-0.1, -0.05) is 11.4 Å². The zero-order valence-electron chi connectivity index (χ0n) is 9.73. The number of carbonyl (C=O) groups excluding carboxylic acids is 1. The van der Waals surface area contributed by atoms with Gasteiger partial charge in [-0.15, -0.1) is 17.5 Å². The molecule has 3 N–H and O–H groups in total. The zero-order chi connectivity index (χ0) is 11.6. The molecule has 7 heteroatoms. The number of aryl methyl sites for hydroxylation is 1. The summed E-state index contributed by atoms with van der Waals surface area (Å²) in [6, 6.07) is 0. The van der Waals surface area contributed by atoms with Gasteiger partial charge in [-0.3, -0.25) is 4.79 Å². The van der Waals surface area contributed by atoms with Crippen molar-refractivity contribution in [3.63, 3.8) is 0 Å². The van der Waals surface area contributed by atoms with Gasteiger partial charge in [0.05, 0.1) is 5.69 Å². The van der Waals surface area contributed by atoms with E-state index in [0.717, 1.165) is 42.9 Å². The predicted octanol–water partition coefficient (Wildman–Crippen LogP) is 1.13. The molecule has 1 saturated carbocycles. The topological polar surface area (TPSA) is 80.9 Å². The Labute approximate surface area is 111 Å². The van der Waals surface area contributed by atoms with E-state index in [1.807, 2.05) is 6.92 Å². The van der Waals surface area contributed by atoms with Crippen LogP contribution >= 0.6 is 23.9 Å². The van der Waals surface area contributed by atoms with E-state index in [1.165, 1.54) is 0 Å². The monoisotopic (exact) mass is 276 g/mol. The molecule has 2 rings (SSSR count). The summed E-state index contributed by atoms with van der Waals surface area (Å²) in [7, 11) is 0. The highest BCUT2D eigenvalue weighted by Gasteiger charge is 2.33. The number of nitrogens with zero attached hydrogens (tertiary/aromatic N) is 2. The third-order valence-corrected chi connectivity index (χ3v) is 3.81. The number of rotatable bonds is 4. The molecule has 1 aliphatic rings. The maximum Gasteiger partial charge on any atom is 0.265 e. The lowest BCUT2D eigenvalue weighted by Crippen LogP contribution is -2.54. The number of carbonyl (C=O) groups is 1. The summed E-state index contributed by atoms with van der Waals surface area (Å²) in [5.74, 6) is -0.0939. The molecule has 1 aromatic rings. The smallest absolute Gasteiger partial charge is 0.265 e. The molecular weight excluding hydrogens is 260 g/mol. The van der Waals surface area contributed by atoms with Gasteiger partial charge < -0.3 is 11.1 Å². The first-order valence-corrected chi connectivity index (χ1v) is 6.30. The first kappa shape index (κ1) is 14.3. The molecule has 0 bridgehead atoms. The Bertz CT molecular complexity index is 391. The molecule has 0 unspecified atom stereocenters. The first-order chi connectivity index (χ1) is 7.64. The van der Waals surface area contributed by atoms with Gasteiger partial charge >= 0.3 is 0 Å². The quantitative estimate of drug-likeness (QED) is 0.864. The van der Waals surface area contributed by atoms with Crippen LogP contribution in [0, 0.1) is 0 Å². The van der Waals surface area contributed by atoms with Gasteiger partial charge in [0.25, 0.3) is 5.91 Å². The van der Waals surface area contributed by atoms with E-state index in [-0.39, 0.29) is 23.9 Å². The summed E-state index contributed by atoms with van der Waals surface area (Å²) in [5.41, 5.74) is 6.62. The lowest BCUT2D eigenvalue weighted by atomic mass is 9.78. The van der Waals surface area contributed by atoms with Crippen molar-refractivity contribution in [2.75, 3.05) is 6.54 Å². The van der Waals surface area contributed by atoms with Gasteiger partial charge in [0.1, 0.15) is 4.88 Å². The number of hydrogen-bond acceptors (Lipinski definition) is 5. The van der Waals surface area contributed by atoms with Crippen LogP contribution in [0.3, 0.4) is 0 Å². The predicted molar refractivity (Wildman–Crippen MR) is 69.6 cm³/mol. The first-order valence-electron chi connectivity index (χ1n) is 5.53. The summed E-state index contributed by atoms with van der Waals surface area (Å²) in [6.45, 7) is 2.51. The van der Waals surface area contributed by atoms with E-state index < -0.39 is 0 Å². The largest absolute Gasteiger partial charge is 0.349 e. The summed E-state index contributed by atoms with van der Waals surface area (Å²) in [4.78, 5) is 12.5. The van der Waals surface area contributed by atoms with Gasteiger partial charge in [-0.05, 0) is 37.2 Å². The Morgan fingerprint density at radius 3 is 2.82 bits per heavy atom. The van der Waals surface area contributed by atoms with Crippen molar-refractivity contribution in [2.45, 2.75) is 38.1 Å². The Kier molecular flexibility index (Phi) is 4.85. The van der Waals surface area contributed by atoms with Crippen LogP contribution in [0.2, 0.25) is 0 Å². The van der Waals surface area contributed by atoms with Crippen molar-refractivity contribution < 1.29 is 4.79 Å². The van der Waals surface area contributed by atoms with Crippen LogP contribution in [0.25, 0.3) is 0 Å². The van der Waals surface area contributed by atoms with E-state index in [9.17, 15) is 4.79 Å². The summed E-state index contributed by atoms with van der Waals surface area (Å²) in [6.07, 6.45) is 3.88. The van der Waals surface area contributed by atoms with Gasteiger partial charge in [0.2, 0.25) is 0 Å². The van der Waals surface area contributed by atoms with Crippen molar-refractivity contribution >= 4 is 29.8 Å². The highest BCUT2D eigenvalue weighted by molar-refractivity contribution is 7.08. The molecule has 0 aromatic carbocycles. The van der Waals surface area contributed by atoms with Crippen molar-refractivity contribution in [1.29, 1.82) is 0 Å². The second kappa shape index (κ2) is 5.75. The molecule has 1 heterocycles. The van der Waals surface area contributed by atoms with Crippen molar-refractivity contribution in [2.24, 2.45) is 5.73 Å². The van der Waals surface area contributed by atoms with Crippen molar-refractivity contribution in [1.82, 2.24) is 14.9 Å². The lowest BCUT2D eigenvalue weighted by Gasteiger charge is -2.38.